The van der Waals surface area contributed by atoms with Gasteiger partial charge in [0.2, 0.25) is 5.91 Å². The summed E-state index contributed by atoms with van der Waals surface area (Å²) in [5, 5.41) is 10.9. The minimum Gasteiger partial charge on any atom is -0.516 e. The van der Waals surface area contributed by atoms with Crippen LogP contribution in [0.2, 0.25) is 0 Å². The molecule has 90 valence electrons. The lowest BCUT2D eigenvalue weighted by atomic mass is 10.1. The van der Waals surface area contributed by atoms with E-state index >= 15 is 0 Å². The summed E-state index contributed by atoms with van der Waals surface area (Å²) in [5.41, 5.74) is 0.859. The van der Waals surface area contributed by atoms with E-state index in [4.69, 9.17) is 5.11 Å². The number of hydrogen-bond donors (Lipinski definition) is 2. The van der Waals surface area contributed by atoms with Crippen molar-refractivity contribution in [1.82, 2.24) is 5.32 Å². The number of allylic oxidation sites excluding steroid dienone is 2. The Bertz CT molecular complexity index is 272. The van der Waals surface area contributed by atoms with E-state index in [1.807, 2.05) is 0 Å². The molecule has 2 N–H and O–H groups in total. The first-order chi connectivity index (χ1) is 7.74. The number of aliphatic hydroxyl groups is 1. The number of amides is 1. The maximum Gasteiger partial charge on any atom is 0.244 e. The molecular weight excluding hydrogens is 209 g/mol. The van der Waals surface area contributed by atoms with Crippen LogP contribution < -0.4 is 5.32 Å². The van der Waals surface area contributed by atoms with Crippen molar-refractivity contribution in [3.8, 4) is 0 Å². The molecular formula is C12H18FNO2. The van der Waals surface area contributed by atoms with Gasteiger partial charge in [0, 0.05) is 12.6 Å². The van der Waals surface area contributed by atoms with Crippen molar-refractivity contribution in [2.75, 3.05) is 13.2 Å². The van der Waals surface area contributed by atoms with Gasteiger partial charge in [0.15, 0.2) is 0 Å². The smallest absolute Gasteiger partial charge is 0.244 e. The molecule has 0 saturated carbocycles. The van der Waals surface area contributed by atoms with Crippen LogP contribution in [-0.4, -0.2) is 24.2 Å². The Labute approximate surface area is 95.4 Å². The molecule has 0 aliphatic carbocycles. The van der Waals surface area contributed by atoms with E-state index in [1.165, 1.54) is 12.2 Å². The molecule has 4 heteroatoms. The molecule has 1 amide bonds. The van der Waals surface area contributed by atoms with Crippen molar-refractivity contribution in [2.24, 2.45) is 0 Å². The molecule has 0 aromatic heterocycles. The topological polar surface area (TPSA) is 49.3 Å². The summed E-state index contributed by atoms with van der Waals surface area (Å²) < 4.78 is 12.0. The second kappa shape index (κ2) is 9.96. The van der Waals surface area contributed by atoms with Crippen LogP contribution in [0.4, 0.5) is 4.39 Å². The molecule has 0 aliphatic heterocycles. The van der Waals surface area contributed by atoms with Crippen LogP contribution >= 0.6 is 0 Å². The van der Waals surface area contributed by atoms with Crippen molar-refractivity contribution >= 4 is 5.91 Å². The number of carbonyl (C=O) groups is 1. The van der Waals surface area contributed by atoms with E-state index in [0.717, 1.165) is 11.8 Å². The highest BCUT2D eigenvalue weighted by atomic mass is 19.1. The SMILES string of the molecule is C=CC/C(=C\C(=O)NC/C=C/O)CCCF. The van der Waals surface area contributed by atoms with Crippen LogP contribution in [0.3, 0.4) is 0 Å². The van der Waals surface area contributed by atoms with E-state index in [-0.39, 0.29) is 19.1 Å². The number of nitrogens with one attached hydrogen (secondary N) is 1. The highest BCUT2D eigenvalue weighted by Crippen LogP contribution is 2.10. The molecule has 0 heterocycles. The first kappa shape index (κ1) is 14.4. The average molecular weight is 227 g/mol. The molecule has 0 spiro atoms. The Morgan fingerprint density at radius 3 is 2.81 bits per heavy atom. The van der Waals surface area contributed by atoms with Crippen molar-refractivity contribution in [1.29, 1.82) is 0 Å². The van der Waals surface area contributed by atoms with Crippen LogP contribution in [0.15, 0.2) is 36.6 Å². The van der Waals surface area contributed by atoms with E-state index in [2.05, 4.69) is 11.9 Å². The zero-order valence-electron chi connectivity index (χ0n) is 9.29. The standard InChI is InChI=1S/C12H18FNO2/c1-2-5-11(6-3-7-13)10-12(16)14-8-4-9-15/h2,4,9-10,15H,1,3,5-8H2,(H,14,16)/b9-4+,11-10+. The minimum absolute atomic E-state index is 0.242. The fourth-order valence-electron chi connectivity index (χ4n) is 1.16. The molecule has 0 rings (SSSR count). The van der Waals surface area contributed by atoms with Crippen molar-refractivity contribution in [3.05, 3.63) is 36.6 Å². The van der Waals surface area contributed by atoms with Crippen LogP contribution in [0.25, 0.3) is 0 Å². The predicted octanol–water partition coefficient (Wildman–Crippen LogP) is 2.43. The first-order valence-corrected chi connectivity index (χ1v) is 5.18. The van der Waals surface area contributed by atoms with Crippen LogP contribution in [0.1, 0.15) is 19.3 Å². The number of rotatable bonds is 8. The first-order valence-electron chi connectivity index (χ1n) is 5.18. The summed E-state index contributed by atoms with van der Waals surface area (Å²) in [6, 6.07) is 0. The van der Waals surface area contributed by atoms with Crippen LogP contribution in [-0.2, 0) is 4.79 Å². The summed E-state index contributed by atoms with van der Waals surface area (Å²) in [7, 11) is 0. The van der Waals surface area contributed by atoms with E-state index in [9.17, 15) is 9.18 Å². The Kier molecular flexibility index (Phi) is 8.97. The molecule has 0 atom stereocenters. The Morgan fingerprint density at radius 1 is 1.50 bits per heavy atom. The van der Waals surface area contributed by atoms with E-state index < -0.39 is 0 Å². The van der Waals surface area contributed by atoms with Gasteiger partial charge in [-0.1, -0.05) is 11.6 Å². The molecule has 0 aliphatic rings. The summed E-state index contributed by atoms with van der Waals surface area (Å²) >= 11 is 0. The number of hydrogen-bond acceptors (Lipinski definition) is 2. The maximum absolute atomic E-state index is 12.0. The van der Waals surface area contributed by atoms with Gasteiger partial charge in [-0.15, -0.1) is 6.58 Å². The summed E-state index contributed by atoms with van der Waals surface area (Å²) in [6.45, 7) is 3.47. The summed E-state index contributed by atoms with van der Waals surface area (Å²) in [5.74, 6) is -0.242. The second-order valence-electron chi connectivity index (χ2n) is 3.22. The lowest BCUT2D eigenvalue weighted by Gasteiger charge is -2.03. The third-order valence-corrected chi connectivity index (χ3v) is 1.87. The van der Waals surface area contributed by atoms with Gasteiger partial charge in [-0.2, -0.15) is 0 Å². The number of aliphatic hydroxyl groups excluding tert-OH is 1. The highest BCUT2D eigenvalue weighted by Gasteiger charge is 2.00. The maximum atomic E-state index is 12.0. The molecule has 0 saturated heterocycles. The molecule has 0 aromatic carbocycles. The zero-order valence-corrected chi connectivity index (χ0v) is 9.29. The molecule has 0 aromatic rings. The van der Waals surface area contributed by atoms with Crippen LogP contribution in [0.5, 0.6) is 0 Å². The lowest BCUT2D eigenvalue weighted by molar-refractivity contribution is -0.116. The minimum atomic E-state index is -0.386. The average Bonchev–Trinajstić information content (AvgIpc) is 2.26. The van der Waals surface area contributed by atoms with E-state index in [0.29, 0.717) is 19.3 Å². The van der Waals surface area contributed by atoms with Crippen molar-refractivity contribution < 1.29 is 14.3 Å². The number of alkyl halides is 1. The van der Waals surface area contributed by atoms with Crippen molar-refractivity contribution in [3.63, 3.8) is 0 Å². The quantitative estimate of drug-likeness (QED) is 0.380. The molecule has 0 fully saturated rings. The molecule has 0 radical (unpaired) electrons. The molecule has 16 heavy (non-hydrogen) atoms. The highest BCUT2D eigenvalue weighted by molar-refractivity contribution is 5.88. The summed E-state index contributed by atoms with van der Waals surface area (Å²) in [6.07, 6.45) is 7.00. The van der Waals surface area contributed by atoms with Gasteiger partial charge in [0.05, 0.1) is 12.9 Å². The second-order valence-corrected chi connectivity index (χ2v) is 3.22. The normalized spacial score (nSPS) is 11.7. The number of carbonyl (C=O) groups excluding carboxylic acids is 1. The zero-order chi connectivity index (χ0) is 12.2. The largest absolute Gasteiger partial charge is 0.516 e. The van der Waals surface area contributed by atoms with Gasteiger partial charge in [0.1, 0.15) is 0 Å². The lowest BCUT2D eigenvalue weighted by Crippen LogP contribution is -2.21. The Balaban J connectivity index is 4.16. The Hall–Kier alpha value is -1.58. The van der Waals surface area contributed by atoms with Crippen LogP contribution in [0, 0.1) is 0 Å². The third-order valence-electron chi connectivity index (χ3n) is 1.87. The fourth-order valence-corrected chi connectivity index (χ4v) is 1.16. The predicted molar refractivity (Wildman–Crippen MR) is 62.9 cm³/mol. The summed E-state index contributed by atoms with van der Waals surface area (Å²) in [4.78, 5) is 11.3. The van der Waals surface area contributed by atoms with E-state index in [1.54, 1.807) is 6.08 Å². The number of halogens is 1. The van der Waals surface area contributed by atoms with Gasteiger partial charge in [-0.25, -0.2) is 0 Å². The van der Waals surface area contributed by atoms with Crippen molar-refractivity contribution in [2.45, 2.75) is 19.3 Å². The van der Waals surface area contributed by atoms with Gasteiger partial charge in [-0.05, 0) is 25.3 Å². The molecule has 0 unspecified atom stereocenters. The monoisotopic (exact) mass is 227 g/mol. The molecule has 3 nitrogen and oxygen atoms in total. The van der Waals surface area contributed by atoms with Gasteiger partial charge in [0.25, 0.3) is 0 Å². The Morgan fingerprint density at radius 2 is 2.25 bits per heavy atom. The third kappa shape index (κ3) is 7.79. The van der Waals surface area contributed by atoms with Gasteiger partial charge < -0.3 is 10.4 Å². The van der Waals surface area contributed by atoms with Gasteiger partial charge >= 0.3 is 0 Å². The fraction of sp³-hybridized carbons (Fsp3) is 0.417. The van der Waals surface area contributed by atoms with Gasteiger partial charge in [-0.3, -0.25) is 9.18 Å². The molecule has 0 bridgehead atoms.